The molecule has 1 aliphatic carbocycles. The molecule has 0 amide bonds. The van der Waals surface area contributed by atoms with Crippen molar-refractivity contribution in [1.82, 2.24) is 0 Å². The maximum absolute atomic E-state index is 2.31. The Bertz CT molecular complexity index is 905. The molecule has 0 radical (unpaired) electrons. The molecular weight excluding hydrogens is 296 g/mol. The summed E-state index contributed by atoms with van der Waals surface area (Å²) >= 11 is 1.85. The average molecular weight is 313 g/mol. The van der Waals surface area contributed by atoms with Crippen LogP contribution in [-0.4, -0.2) is 0 Å². The fourth-order valence-corrected chi connectivity index (χ4v) is 3.95. The van der Waals surface area contributed by atoms with Crippen molar-refractivity contribution in [2.45, 2.75) is 0 Å². The Morgan fingerprint density at radius 1 is 0.826 bits per heavy atom. The number of rotatable bonds is 3. The Kier molecular flexibility index (Phi) is 3.87. The average Bonchev–Trinajstić information content (AvgIpc) is 3.14. The number of allylic oxidation sites excluding steroid dienone is 5. The zero-order valence-corrected chi connectivity index (χ0v) is 13.5. The summed E-state index contributed by atoms with van der Waals surface area (Å²) in [5, 5.41) is 1.32. The first kappa shape index (κ1) is 14.1. The highest BCUT2D eigenvalue weighted by Gasteiger charge is 2.16. The minimum atomic E-state index is 0.415. The Morgan fingerprint density at radius 3 is 2.39 bits per heavy atom. The van der Waals surface area contributed by atoms with Crippen molar-refractivity contribution >= 4 is 27.5 Å². The largest absolute Gasteiger partial charge is 0.239 e. The van der Waals surface area contributed by atoms with Crippen molar-refractivity contribution < 1.29 is 0 Å². The summed E-state index contributed by atoms with van der Waals surface area (Å²) in [5.41, 5.74) is 2.56. The van der Waals surface area contributed by atoms with E-state index in [1.807, 2.05) is 11.3 Å². The molecular formula is C22H17S+. The number of benzene rings is 2. The summed E-state index contributed by atoms with van der Waals surface area (Å²) in [6.45, 7) is 0. The third-order valence-electron chi connectivity index (χ3n) is 4.04. The number of fused-ring (bicyclic) bond motifs is 1. The second-order valence-corrected chi connectivity index (χ2v) is 6.72. The van der Waals surface area contributed by atoms with Gasteiger partial charge in [-0.25, -0.2) is 0 Å². The van der Waals surface area contributed by atoms with Gasteiger partial charge in [-0.1, -0.05) is 66.8 Å². The molecule has 0 atom stereocenters. The van der Waals surface area contributed by atoms with Gasteiger partial charge in [0.1, 0.15) is 0 Å². The van der Waals surface area contributed by atoms with Crippen molar-refractivity contribution in [3.8, 4) is 10.4 Å². The van der Waals surface area contributed by atoms with E-state index in [2.05, 4.69) is 97.1 Å². The van der Waals surface area contributed by atoms with E-state index in [1.54, 1.807) is 0 Å². The Morgan fingerprint density at radius 2 is 1.57 bits per heavy atom. The van der Waals surface area contributed by atoms with Crippen LogP contribution in [0.1, 0.15) is 5.56 Å². The minimum absolute atomic E-state index is 0.415. The first-order chi connectivity index (χ1) is 11.4. The van der Waals surface area contributed by atoms with Crippen LogP contribution in [0.15, 0.2) is 91.0 Å². The van der Waals surface area contributed by atoms with Gasteiger partial charge >= 0.3 is 0 Å². The van der Waals surface area contributed by atoms with Crippen LogP contribution in [0.2, 0.25) is 0 Å². The molecule has 0 unspecified atom stereocenters. The lowest BCUT2D eigenvalue weighted by molar-refractivity contribution is 1.10. The molecule has 4 rings (SSSR count). The van der Waals surface area contributed by atoms with E-state index in [0.29, 0.717) is 5.92 Å². The van der Waals surface area contributed by atoms with Crippen LogP contribution in [0.3, 0.4) is 0 Å². The third-order valence-corrected chi connectivity index (χ3v) is 5.19. The molecule has 0 nitrogen and oxygen atoms in total. The Labute approximate surface area is 140 Å². The molecule has 1 heteroatoms. The van der Waals surface area contributed by atoms with Crippen LogP contribution in [0, 0.1) is 5.92 Å². The molecule has 0 saturated heterocycles. The first-order valence-corrected chi connectivity index (χ1v) is 8.66. The number of hydrogen-bond donors (Lipinski definition) is 0. The maximum atomic E-state index is 2.31. The molecule has 3 aromatic rings. The third kappa shape index (κ3) is 3.01. The highest BCUT2D eigenvalue weighted by atomic mass is 32.1. The van der Waals surface area contributed by atoms with Gasteiger partial charge in [-0.3, -0.25) is 0 Å². The molecule has 110 valence electrons. The van der Waals surface area contributed by atoms with Gasteiger partial charge in [-0.2, -0.15) is 0 Å². The monoisotopic (exact) mass is 313 g/mol. The van der Waals surface area contributed by atoms with Crippen LogP contribution in [-0.2, 0) is 0 Å². The molecule has 0 bridgehead atoms. The van der Waals surface area contributed by atoms with Gasteiger partial charge in [0.15, 0.2) is 0 Å². The Hall–Kier alpha value is -2.51. The molecule has 1 heterocycles. The molecule has 1 aliphatic rings. The standard InChI is InChI=1S/C22H17S/c1-2-10-18(11-3-1)22-16-19(15-14-17-8-4-5-9-17)20-12-6-7-13-21(20)23-22/h1-17H/q+1/b15-14+. The van der Waals surface area contributed by atoms with Crippen molar-refractivity contribution in [2.24, 2.45) is 5.92 Å². The molecule has 0 N–H and O–H groups in total. The zero-order valence-electron chi connectivity index (χ0n) is 12.7. The van der Waals surface area contributed by atoms with E-state index in [1.165, 1.54) is 26.1 Å². The lowest BCUT2D eigenvalue weighted by Gasteiger charge is -2.01. The van der Waals surface area contributed by atoms with Crippen LogP contribution < -0.4 is 0 Å². The predicted octanol–water partition coefficient (Wildman–Crippen LogP) is 6.60. The molecule has 0 fully saturated rings. The highest BCUT2D eigenvalue weighted by Crippen LogP contribution is 2.33. The molecule has 23 heavy (non-hydrogen) atoms. The molecule has 1 aromatic heterocycles. The van der Waals surface area contributed by atoms with Crippen LogP contribution >= 0.6 is 11.3 Å². The minimum Gasteiger partial charge on any atom is -0.0738 e. The maximum Gasteiger partial charge on any atom is 0.239 e. The van der Waals surface area contributed by atoms with Gasteiger partial charge in [-0.15, -0.1) is 0 Å². The normalized spacial score (nSPS) is 14.3. The van der Waals surface area contributed by atoms with Gasteiger partial charge < -0.3 is 0 Å². The van der Waals surface area contributed by atoms with Crippen molar-refractivity contribution in [3.05, 3.63) is 96.6 Å². The van der Waals surface area contributed by atoms with Crippen LogP contribution in [0.4, 0.5) is 0 Å². The smallest absolute Gasteiger partial charge is 0.0738 e. The predicted molar refractivity (Wildman–Crippen MR) is 102 cm³/mol. The first-order valence-electron chi connectivity index (χ1n) is 7.85. The fourth-order valence-electron chi connectivity index (χ4n) is 2.84. The highest BCUT2D eigenvalue weighted by molar-refractivity contribution is 7.21. The summed E-state index contributed by atoms with van der Waals surface area (Å²) in [7, 11) is 0. The lowest BCUT2D eigenvalue weighted by Crippen LogP contribution is -1.84. The SMILES string of the molecule is C1=CC(/C=C/c2cc(-c3ccccc3)[s+]c3ccccc23)C=C1. The zero-order chi connectivity index (χ0) is 15.5. The topological polar surface area (TPSA) is 0 Å². The van der Waals surface area contributed by atoms with E-state index >= 15 is 0 Å². The molecule has 0 aliphatic heterocycles. The Balaban J connectivity index is 1.84. The van der Waals surface area contributed by atoms with Gasteiger partial charge in [-0.05, 0) is 23.8 Å². The summed E-state index contributed by atoms with van der Waals surface area (Å²) in [6, 6.07) is 21.6. The van der Waals surface area contributed by atoms with E-state index in [-0.39, 0.29) is 0 Å². The summed E-state index contributed by atoms with van der Waals surface area (Å²) in [4.78, 5) is 1.31. The van der Waals surface area contributed by atoms with Crippen molar-refractivity contribution in [3.63, 3.8) is 0 Å². The van der Waals surface area contributed by atoms with Gasteiger partial charge in [0.05, 0.1) is 0 Å². The van der Waals surface area contributed by atoms with E-state index in [9.17, 15) is 0 Å². The fraction of sp³-hybridized carbons (Fsp3) is 0.0455. The second-order valence-electron chi connectivity index (χ2n) is 5.63. The van der Waals surface area contributed by atoms with Gasteiger partial charge in [0, 0.05) is 29.0 Å². The second kappa shape index (κ2) is 6.31. The lowest BCUT2D eigenvalue weighted by atomic mass is 10.1. The van der Waals surface area contributed by atoms with E-state index < -0.39 is 0 Å². The van der Waals surface area contributed by atoms with Crippen molar-refractivity contribution in [1.29, 1.82) is 0 Å². The van der Waals surface area contributed by atoms with E-state index in [4.69, 9.17) is 0 Å². The summed E-state index contributed by atoms with van der Waals surface area (Å²) < 4.78 is 1.33. The van der Waals surface area contributed by atoms with Gasteiger partial charge in [0.2, 0.25) is 20.9 Å². The summed E-state index contributed by atoms with van der Waals surface area (Å²) in [6.07, 6.45) is 13.2. The molecule has 2 aromatic carbocycles. The summed E-state index contributed by atoms with van der Waals surface area (Å²) in [5.74, 6) is 0.415. The van der Waals surface area contributed by atoms with Crippen LogP contribution in [0.25, 0.3) is 26.6 Å². The number of hydrogen-bond acceptors (Lipinski definition) is 0. The molecule has 0 saturated carbocycles. The van der Waals surface area contributed by atoms with Gasteiger partial charge in [0.25, 0.3) is 0 Å². The van der Waals surface area contributed by atoms with E-state index in [0.717, 1.165) is 0 Å². The molecule has 0 spiro atoms. The van der Waals surface area contributed by atoms with Crippen LogP contribution in [0.5, 0.6) is 0 Å². The van der Waals surface area contributed by atoms with Crippen molar-refractivity contribution in [2.75, 3.05) is 0 Å². The quantitative estimate of drug-likeness (QED) is 0.477.